The maximum absolute atomic E-state index is 12.6. The van der Waals surface area contributed by atoms with Crippen LogP contribution in [0, 0.1) is 0 Å². The Hall–Kier alpha value is -0.960. The Kier molecular flexibility index (Phi) is 4.79. The van der Waals surface area contributed by atoms with Gasteiger partial charge in [-0.25, -0.2) is 13.2 Å². The summed E-state index contributed by atoms with van der Waals surface area (Å²) >= 11 is 0.750. The summed E-state index contributed by atoms with van der Waals surface area (Å²) in [6.45, 7) is -0.194. The van der Waals surface area contributed by atoms with Crippen molar-refractivity contribution in [2.24, 2.45) is 0 Å². The predicted molar refractivity (Wildman–Crippen MR) is 74.5 cm³/mol. The van der Waals surface area contributed by atoms with Crippen molar-refractivity contribution >= 4 is 27.3 Å². The molecule has 1 heterocycles. The first-order valence-electron chi connectivity index (χ1n) is 6.42. The van der Waals surface area contributed by atoms with Gasteiger partial charge in [0, 0.05) is 12.6 Å². The Labute approximate surface area is 121 Å². The lowest BCUT2D eigenvalue weighted by Gasteiger charge is -2.26. The fourth-order valence-corrected chi connectivity index (χ4v) is 5.43. The maximum Gasteiger partial charge on any atom is 0.345 e. The van der Waals surface area contributed by atoms with Gasteiger partial charge in [0.2, 0.25) is 0 Å². The van der Waals surface area contributed by atoms with Crippen LogP contribution in [0.5, 0.6) is 0 Å². The minimum Gasteiger partial charge on any atom is -0.477 e. The molecule has 0 aliphatic heterocycles. The summed E-state index contributed by atoms with van der Waals surface area (Å²) < 4.78 is 26.5. The average molecular weight is 319 g/mol. The highest BCUT2D eigenvalue weighted by Gasteiger charge is 2.34. The second-order valence-corrected chi connectivity index (χ2v) is 7.90. The average Bonchev–Trinajstić information content (AvgIpc) is 3.06. The van der Waals surface area contributed by atoms with Crippen LogP contribution in [0.25, 0.3) is 0 Å². The third-order valence-corrected chi connectivity index (χ3v) is 6.90. The van der Waals surface area contributed by atoms with E-state index < -0.39 is 16.0 Å². The minimum absolute atomic E-state index is 0.000976. The highest BCUT2D eigenvalue weighted by molar-refractivity contribution is 7.91. The van der Waals surface area contributed by atoms with Crippen LogP contribution < -0.4 is 0 Å². The second kappa shape index (κ2) is 6.21. The van der Waals surface area contributed by atoms with Gasteiger partial charge in [0.05, 0.1) is 6.61 Å². The lowest BCUT2D eigenvalue weighted by molar-refractivity contribution is 0.0702. The van der Waals surface area contributed by atoms with Crippen molar-refractivity contribution in [2.45, 2.75) is 35.9 Å². The van der Waals surface area contributed by atoms with Gasteiger partial charge in [0.1, 0.15) is 9.09 Å². The molecule has 6 nitrogen and oxygen atoms in total. The first-order valence-corrected chi connectivity index (χ1v) is 8.68. The Morgan fingerprint density at radius 2 is 2.00 bits per heavy atom. The van der Waals surface area contributed by atoms with Crippen molar-refractivity contribution < 1.29 is 23.4 Å². The molecule has 1 fully saturated rings. The van der Waals surface area contributed by atoms with Gasteiger partial charge in [-0.1, -0.05) is 12.8 Å². The maximum atomic E-state index is 12.6. The molecule has 0 bridgehead atoms. The van der Waals surface area contributed by atoms with E-state index in [1.165, 1.54) is 16.4 Å². The van der Waals surface area contributed by atoms with Gasteiger partial charge in [0.15, 0.2) is 0 Å². The fraction of sp³-hybridized carbons (Fsp3) is 0.583. The van der Waals surface area contributed by atoms with Gasteiger partial charge in [-0.2, -0.15) is 4.31 Å². The van der Waals surface area contributed by atoms with Crippen molar-refractivity contribution in [2.75, 3.05) is 13.2 Å². The highest BCUT2D eigenvalue weighted by Crippen LogP contribution is 2.31. The Morgan fingerprint density at radius 1 is 1.35 bits per heavy atom. The Bertz CT molecular complexity index is 574. The van der Waals surface area contributed by atoms with Crippen LogP contribution in [0.4, 0.5) is 0 Å². The number of aromatic carboxylic acids is 1. The number of carboxylic acids is 1. The second-order valence-electron chi connectivity index (χ2n) is 4.70. The van der Waals surface area contributed by atoms with E-state index in [1.54, 1.807) is 0 Å². The number of thiophene rings is 1. The zero-order valence-corrected chi connectivity index (χ0v) is 12.5. The van der Waals surface area contributed by atoms with Gasteiger partial charge in [-0.3, -0.25) is 0 Å². The zero-order chi connectivity index (χ0) is 14.8. The molecule has 0 spiro atoms. The summed E-state index contributed by atoms with van der Waals surface area (Å²) in [5.41, 5.74) is 0. The Balaban J connectivity index is 2.31. The molecule has 1 saturated carbocycles. The molecule has 2 N–H and O–H groups in total. The van der Waals surface area contributed by atoms with E-state index in [9.17, 15) is 13.2 Å². The molecular formula is C12H17NO5S2. The molecular weight excluding hydrogens is 302 g/mol. The smallest absolute Gasteiger partial charge is 0.345 e. The monoisotopic (exact) mass is 319 g/mol. The molecule has 0 unspecified atom stereocenters. The molecule has 0 atom stereocenters. The van der Waals surface area contributed by atoms with Gasteiger partial charge in [0.25, 0.3) is 10.0 Å². The molecule has 8 heteroatoms. The lowest BCUT2D eigenvalue weighted by atomic mass is 10.2. The lowest BCUT2D eigenvalue weighted by Crippen LogP contribution is -2.40. The number of rotatable bonds is 6. The normalized spacial score (nSPS) is 16.9. The van der Waals surface area contributed by atoms with Gasteiger partial charge >= 0.3 is 5.97 Å². The van der Waals surface area contributed by atoms with Gasteiger partial charge < -0.3 is 10.2 Å². The number of carboxylic acid groups (broad SMARTS) is 1. The molecule has 0 saturated heterocycles. The molecule has 1 aromatic heterocycles. The van der Waals surface area contributed by atoms with Gasteiger partial charge in [-0.05, 0) is 25.0 Å². The number of hydrogen-bond donors (Lipinski definition) is 2. The largest absolute Gasteiger partial charge is 0.477 e. The first-order chi connectivity index (χ1) is 9.46. The number of aliphatic hydroxyl groups is 1. The topological polar surface area (TPSA) is 94.9 Å². The van der Waals surface area contributed by atoms with E-state index in [2.05, 4.69) is 0 Å². The third kappa shape index (κ3) is 3.03. The van der Waals surface area contributed by atoms with Gasteiger partial charge in [-0.15, -0.1) is 11.3 Å². The van der Waals surface area contributed by atoms with Crippen molar-refractivity contribution in [3.63, 3.8) is 0 Å². The molecule has 1 aliphatic rings. The van der Waals surface area contributed by atoms with Crippen molar-refractivity contribution in [3.8, 4) is 0 Å². The molecule has 2 rings (SSSR count). The number of hydrogen-bond acceptors (Lipinski definition) is 5. The molecule has 112 valence electrons. The SMILES string of the molecule is O=C(O)c1ccc(S(=O)(=O)N(CCO)C2CCCC2)s1. The molecule has 1 aliphatic carbocycles. The van der Waals surface area contributed by atoms with E-state index in [1.807, 2.05) is 0 Å². The van der Waals surface area contributed by atoms with E-state index in [4.69, 9.17) is 10.2 Å². The Morgan fingerprint density at radius 3 is 2.50 bits per heavy atom. The van der Waals surface area contributed by atoms with E-state index in [0.29, 0.717) is 0 Å². The minimum atomic E-state index is -3.73. The quantitative estimate of drug-likeness (QED) is 0.826. The molecule has 0 radical (unpaired) electrons. The summed E-state index contributed by atoms with van der Waals surface area (Å²) in [5, 5.41) is 18.0. The van der Waals surface area contributed by atoms with Crippen LogP contribution in [0.3, 0.4) is 0 Å². The number of sulfonamides is 1. The molecule has 1 aromatic rings. The van der Waals surface area contributed by atoms with Crippen LogP contribution in [0.1, 0.15) is 35.4 Å². The fourth-order valence-electron chi connectivity index (χ4n) is 2.48. The van der Waals surface area contributed by atoms with E-state index in [0.717, 1.165) is 37.0 Å². The van der Waals surface area contributed by atoms with Crippen LogP contribution >= 0.6 is 11.3 Å². The summed E-state index contributed by atoms with van der Waals surface area (Å²) in [6.07, 6.45) is 3.53. The van der Waals surface area contributed by atoms with E-state index in [-0.39, 0.29) is 28.3 Å². The molecule has 0 aromatic carbocycles. The van der Waals surface area contributed by atoms with Crippen molar-refractivity contribution in [3.05, 3.63) is 17.0 Å². The third-order valence-electron chi connectivity index (χ3n) is 3.41. The summed E-state index contributed by atoms with van der Waals surface area (Å²) in [6, 6.07) is 2.52. The molecule has 20 heavy (non-hydrogen) atoms. The van der Waals surface area contributed by atoms with Crippen molar-refractivity contribution in [1.29, 1.82) is 0 Å². The number of aliphatic hydroxyl groups excluding tert-OH is 1. The van der Waals surface area contributed by atoms with Crippen molar-refractivity contribution in [1.82, 2.24) is 4.31 Å². The van der Waals surface area contributed by atoms with Crippen LogP contribution in [0.2, 0.25) is 0 Å². The van der Waals surface area contributed by atoms with Crippen LogP contribution in [0.15, 0.2) is 16.3 Å². The zero-order valence-electron chi connectivity index (χ0n) is 10.9. The highest BCUT2D eigenvalue weighted by atomic mass is 32.2. The summed E-state index contributed by atoms with van der Waals surface area (Å²) in [5.74, 6) is -1.13. The van der Waals surface area contributed by atoms with E-state index >= 15 is 0 Å². The summed E-state index contributed by atoms with van der Waals surface area (Å²) in [4.78, 5) is 10.9. The standard InChI is InChI=1S/C12H17NO5S2/c14-8-7-13(9-3-1-2-4-9)20(17,18)11-6-5-10(19-11)12(15)16/h5-6,9,14H,1-4,7-8H2,(H,15,16). The van der Waals surface area contributed by atoms with Crippen LogP contribution in [-0.4, -0.2) is 48.1 Å². The summed E-state index contributed by atoms with van der Waals surface area (Å²) in [7, 11) is -3.73. The first kappa shape index (κ1) is 15.4. The number of carbonyl (C=O) groups is 1. The molecule has 0 amide bonds. The van der Waals surface area contributed by atoms with Crippen LogP contribution in [-0.2, 0) is 10.0 Å². The number of nitrogens with zero attached hydrogens (tertiary/aromatic N) is 1. The predicted octanol–water partition coefficient (Wildman–Crippen LogP) is 1.37.